The zero-order chi connectivity index (χ0) is 11.0. The molecule has 0 bridgehead atoms. The van der Waals surface area contributed by atoms with Crippen molar-refractivity contribution in [1.82, 2.24) is 0 Å². The minimum absolute atomic E-state index is 0.557. The fraction of sp³-hybridized carbons (Fsp3) is 0.538. The molecule has 1 aromatic rings. The van der Waals surface area contributed by atoms with Crippen molar-refractivity contribution in [2.75, 3.05) is 17.2 Å². The molecule has 15 heavy (non-hydrogen) atoms. The summed E-state index contributed by atoms with van der Waals surface area (Å²) in [6.45, 7) is 7.89. The number of nitrogens with zero attached hydrogens (tertiary/aromatic N) is 1. The van der Waals surface area contributed by atoms with E-state index in [1.807, 2.05) is 6.07 Å². The smallest absolute Gasteiger partial charge is 0.0425 e. The van der Waals surface area contributed by atoms with Gasteiger partial charge in [-0.05, 0) is 38.0 Å². The number of anilines is 2. The van der Waals surface area contributed by atoms with Gasteiger partial charge in [-0.25, -0.2) is 0 Å². The van der Waals surface area contributed by atoms with Crippen molar-refractivity contribution in [2.24, 2.45) is 0 Å². The van der Waals surface area contributed by atoms with Crippen LogP contribution in [0.5, 0.6) is 0 Å². The van der Waals surface area contributed by atoms with Gasteiger partial charge < -0.3 is 10.6 Å². The second-order valence-electron chi connectivity index (χ2n) is 4.67. The van der Waals surface area contributed by atoms with E-state index in [-0.39, 0.29) is 0 Å². The highest BCUT2D eigenvalue weighted by molar-refractivity contribution is 5.66. The Kier molecular flexibility index (Phi) is 2.59. The molecule has 1 heterocycles. The number of fused-ring (bicyclic) bond motifs is 1. The molecule has 1 aliphatic heterocycles. The Hall–Kier alpha value is -1.18. The SMILES string of the molecule is CCC1CN(C(C)C)c2cc(N)ccc21. The van der Waals surface area contributed by atoms with Crippen LogP contribution in [0.3, 0.4) is 0 Å². The third-order valence-electron chi connectivity index (χ3n) is 3.34. The highest BCUT2D eigenvalue weighted by Gasteiger charge is 2.28. The van der Waals surface area contributed by atoms with E-state index in [1.54, 1.807) is 0 Å². The van der Waals surface area contributed by atoms with E-state index in [0.29, 0.717) is 12.0 Å². The molecule has 1 aromatic carbocycles. The van der Waals surface area contributed by atoms with Gasteiger partial charge in [-0.15, -0.1) is 0 Å². The largest absolute Gasteiger partial charge is 0.399 e. The molecule has 0 aliphatic carbocycles. The monoisotopic (exact) mass is 204 g/mol. The Bertz CT molecular complexity index is 358. The maximum atomic E-state index is 5.85. The maximum Gasteiger partial charge on any atom is 0.0425 e. The lowest BCUT2D eigenvalue weighted by Crippen LogP contribution is -2.29. The summed E-state index contributed by atoms with van der Waals surface area (Å²) < 4.78 is 0. The molecular weight excluding hydrogens is 184 g/mol. The molecule has 2 N–H and O–H groups in total. The minimum Gasteiger partial charge on any atom is -0.399 e. The first-order valence-electron chi connectivity index (χ1n) is 5.79. The van der Waals surface area contributed by atoms with Crippen LogP contribution in [0, 0.1) is 0 Å². The molecular formula is C13H20N2. The van der Waals surface area contributed by atoms with E-state index in [9.17, 15) is 0 Å². The van der Waals surface area contributed by atoms with Crippen LogP contribution in [0.25, 0.3) is 0 Å². The van der Waals surface area contributed by atoms with Crippen LogP contribution < -0.4 is 10.6 Å². The van der Waals surface area contributed by atoms with Crippen molar-refractivity contribution in [3.63, 3.8) is 0 Å². The normalized spacial score (nSPS) is 19.7. The number of nitrogen functional groups attached to an aromatic ring is 1. The van der Waals surface area contributed by atoms with Gasteiger partial charge in [-0.1, -0.05) is 13.0 Å². The number of hydrogen-bond acceptors (Lipinski definition) is 2. The second kappa shape index (κ2) is 3.76. The average Bonchev–Trinajstić information content (AvgIpc) is 2.55. The van der Waals surface area contributed by atoms with E-state index in [4.69, 9.17) is 5.73 Å². The zero-order valence-corrected chi connectivity index (χ0v) is 9.83. The molecule has 1 atom stereocenters. The van der Waals surface area contributed by atoms with E-state index >= 15 is 0 Å². The first-order chi connectivity index (χ1) is 7.13. The summed E-state index contributed by atoms with van der Waals surface area (Å²) in [6, 6.07) is 6.89. The lowest BCUT2D eigenvalue weighted by Gasteiger charge is -2.24. The number of rotatable bonds is 2. The quantitative estimate of drug-likeness (QED) is 0.750. The summed E-state index contributed by atoms with van der Waals surface area (Å²) in [5, 5.41) is 0. The first kappa shape index (κ1) is 10.3. The predicted octanol–water partition coefficient (Wildman–Crippen LogP) is 2.99. The topological polar surface area (TPSA) is 29.3 Å². The van der Waals surface area contributed by atoms with Gasteiger partial charge in [0, 0.05) is 29.9 Å². The standard InChI is InChI=1S/C13H20N2/c1-4-10-8-15(9(2)3)13-7-11(14)5-6-12(10)13/h5-7,9-10H,4,8,14H2,1-3H3. The third kappa shape index (κ3) is 1.69. The van der Waals surface area contributed by atoms with E-state index in [2.05, 4.69) is 37.8 Å². The lowest BCUT2D eigenvalue weighted by atomic mass is 9.99. The van der Waals surface area contributed by atoms with Gasteiger partial charge in [-0.2, -0.15) is 0 Å². The van der Waals surface area contributed by atoms with Crippen LogP contribution in [-0.4, -0.2) is 12.6 Å². The highest BCUT2D eigenvalue weighted by Crippen LogP contribution is 2.39. The molecule has 1 aliphatic rings. The summed E-state index contributed by atoms with van der Waals surface area (Å²) in [7, 11) is 0. The van der Waals surface area contributed by atoms with Crippen LogP contribution in [0.2, 0.25) is 0 Å². The minimum atomic E-state index is 0.557. The van der Waals surface area contributed by atoms with Gasteiger partial charge in [-0.3, -0.25) is 0 Å². The molecule has 2 nitrogen and oxygen atoms in total. The van der Waals surface area contributed by atoms with E-state index < -0.39 is 0 Å². The Balaban J connectivity index is 2.43. The third-order valence-corrected chi connectivity index (χ3v) is 3.34. The zero-order valence-electron chi connectivity index (χ0n) is 9.83. The Morgan fingerprint density at radius 1 is 1.47 bits per heavy atom. The van der Waals surface area contributed by atoms with Crippen LogP contribution in [0.15, 0.2) is 18.2 Å². The first-order valence-corrected chi connectivity index (χ1v) is 5.79. The molecule has 0 spiro atoms. The van der Waals surface area contributed by atoms with Crippen LogP contribution >= 0.6 is 0 Å². The average molecular weight is 204 g/mol. The summed E-state index contributed by atoms with van der Waals surface area (Å²) in [5.41, 5.74) is 9.54. The van der Waals surface area contributed by atoms with Crippen molar-refractivity contribution in [1.29, 1.82) is 0 Å². The molecule has 0 radical (unpaired) electrons. The molecule has 0 fully saturated rings. The molecule has 0 aromatic heterocycles. The Morgan fingerprint density at radius 2 is 2.20 bits per heavy atom. The fourth-order valence-electron chi connectivity index (χ4n) is 2.43. The summed E-state index contributed by atoms with van der Waals surface area (Å²) >= 11 is 0. The van der Waals surface area contributed by atoms with Gasteiger partial charge >= 0.3 is 0 Å². The maximum absolute atomic E-state index is 5.85. The molecule has 2 heteroatoms. The molecule has 82 valence electrons. The van der Waals surface area contributed by atoms with Crippen molar-refractivity contribution in [3.8, 4) is 0 Å². The van der Waals surface area contributed by atoms with Crippen molar-refractivity contribution in [2.45, 2.75) is 39.2 Å². The fourth-order valence-corrected chi connectivity index (χ4v) is 2.43. The van der Waals surface area contributed by atoms with Crippen molar-refractivity contribution < 1.29 is 0 Å². The van der Waals surface area contributed by atoms with Gasteiger partial charge in [0.15, 0.2) is 0 Å². The van der Waals surface area contributed by atoms with Crippen molar-refractivity contribution in [3.05, 3.63) is 23.8 Å². The number of benzene rings is 1. The van der Waals surface area contributed by atoms with Gasteiger partial charge in [0.2, 0.25) is 0 Å². The van der Waals surface area contributed by atoms with Crippen LogP contribution in [0.4, 0.5) is 11.4 Å². The van der Waals surface area contributed by atoms with Crippen LogP contribution in [0.1, 0.15) is 38.7 Å². The lowest BCUT2D eigenvalue weighted by molar-refractivity contribution is 0.630. The summed E-state index contributed by atoms with van der Waals surface area (Å²) in [6.07, 6.45) is 1.21. The molecule has 1 unspecified atom stereocenters. The number of hydrogen-bond donors (Lipinski definition) is 1. The van der Waals surface area contributed by atoms with Gasteiger partial charge in [0.1, 0.15) is 0 Å². The molecule has 0 saturated heterocycles. The van der Waals surface area contributed by atoms with Crippen LogP contribution in [-0.2, 0) is 0 Å². The second-order valence-corrected chi connectivity index (χ2v) is 4.67. The van der Waals surface area contributed by atoms with E-state index in [0.717, 1.165) is 12.2 Å². The van der Waals surface area contributed by atoms with Crippen molar-refractivity contribution >= 4 is 11.4 Å². The van der Waals surface area contributed by atoms with Gasteiger partial charge in [0.25, 0.3) is 0 Å². The number of nitrogens with two attached hydrogens (primary N) is 1. The van der Waals surface area contributed by atoms with Gasteiger partial charge in [0.05, 0.1) is 0 Å². The molecule has 0 amide bonds. The molecule has 0 saturated carbocycles. The predicted molar refractivity (Wildman–Crippen MR) is 66.4 cm³/mol. The summed E-state index contributed by atoms with van der Waals surface area (Å²) in [5.74, 6) is 0.683. The van der Waals surface area contributed by atoms with E-state index in [1.165, 1.54) is 17.7 Å². The Labute approximate surface area is 92.1 Å². The Morgan fingerprint density at radius 3 is 2.80 bits per heavy atom. The molecule has 2 rings (SSSR count). The highest BCUT2D eigenvalue weighted by atomic mass is 15.2. The summed E-state index contributed by atoms with van der Waals surface area (Å²) in [4.78, 5) is 2.46.